The van der Waals surface area contributed by atoms with Crippen LogP contribution in [0, 0.1) is 12.7 Å². The van der Waals surface area contributed by atoms with Crippen LogP contribution < -0.4 is 5.32 Å². The molecule has 4 nitrogen and oxygen atoms in total. The summed E-state index contributed by atoms with van der Waals surface area (Å²) in [6, 6.07) is 4.35. The molecule has 0 unspecified atom stereocenters. The Labute approximate surface area is 92.1 Å². The van der Waals surface area contributed by atoms with Crippen molar-refractivity contribution in [1.29, 1.82) is 0 Å². The van der Waals surface area contributed by atoms with E-state index in [0.29, 0.717) is 11.1 Å². The number of amides is 1. The minimum absolute atomic E-state index is 0.0500. The average molecular weight is 225 g/mol. The van der Waals surface area contributed by atoms with Gasteiger partial charge in [-0.2, -0.15) is 0 Å². The van der Waals surface area contributed by atoms with Crippen LogP contribution in [0.4, 0.5) is 4.39 Å². The lowest BCUT2D eigenvalue weighted by molar-refractivity contribution is -0.137. The van der Waals surface area contributed by atoms with Crippen LogP contribution in [-0.4, -0.2) is 23.5 Å². The van der Waals surface area contributed by atoms with E-state index >= 15 is 0 Å². The maximum Gasteiger partial charge on any atom is 0.322 e. The highest BCUT2D eigenvalue weighted by Crippen LogP contribution is 2.09. The topological polar surface area (TPSA) is 66.4 Å². The van der Waals surface area contributed by atoms with E-state index < -0.39 is 18.4 Å². The van der Waals surface area contributed by atoms with Gasteiger partial charge in [-0.25, -0.2) is 4.39 Å². The normalized spacial score (nSPS) is 9.88. The number of aryl methyl sites for hydroxylation is 1. The number of halogens is 1. The molecular weight excluding hydrogens is 213 g/mol. The van der Waals surface area contributed by atoms with E-state index in [9.17, 15) is 14.0 Å². The van der Waals surface area contributed by atoms with Crippen molar-refractivity contribution >= 4 is 11.9 Å². The van der Waals surface area contributed by atoms with Gasteiger partial charge in [0.2, 0.25) is 5.91 Å². The Morgan fingerprint density at radius 1 is 1.44 bits per heavy atom. The molecule has 0 bridgehead atoms. The SMILES string of the molecule is Cc1cc(CC(=O)NCC(=O)O)ccc1F. The summed E-state index contributed by atoms with van der Waals surface area (Å²) < 4.78 is 12.9. The summed E-state index contributed by atoms with van der Waals surface area (Å²) in [5.41, 5.74) is 1.12. The van der Waals surface area contributed by atoms with Gasteiger partial charge in [-0.3, -0.25) is 9.59 Å². The Hall–Kier alpha value is -1.91. The summed E-state index contributed by atoms with van der Waals surface area (Å²) in [5, 5.41) is 10.6. The number of rotatable bonds is 4. The molecule has 0 aliphatic heterocycles. The molecule has 2 N–H and O–H groups in total. The molecule has 0 aliphatic carbocycles. The van der Waals surface area contributed by atoms with Gasteiger partial charge in [0.15, 0.2) is 0 Å². The minimum atomic E-state index is -1.09. The largest absolute Gasteiger partial charge is 0.480 e. The molecule has 0 radical (unpaired) electrons. The second-order valence-electron chi connectivity index (χ2n) is 3.43. The summed E-state index contributed by atoms with van der Waals surface area (Å²) in [6.45, 7) is 1.20. The highest BCUT2D eigenvalue weighted by molar-refractivity contribution is 5.82. The second-order valence-corrected chi connectivity index (χ2v) is 3.43. The van der Waals surface area contributed by atoms with Crippen LogP contribution in [0.1, 0.15) is 11.1 Å². The minimum Gasteiger partial charge on any atom is -0.480 e. The van der Waals surface area contributed by atoms with Crippen LogP contribution in [0.2, 0.25) is 0 Å². The maximum atomic E-state index is 12.9. The fourth-order valence-electron chi connectivity index (χ4n) is 1.24. The molecule has 86 valence electrons. The lowest BCUT2D eigenvalue weighted by Gasteiger charge is -2.04. The number of carbonyl (C=O) groups is 2. The Balaban J connectivity index is 2.56. The highest BCUT2D eigenvalue weighted by atomic mass is 19.1. The third-order valence-corrected chi connectivity index (χ3v) is 2.02. The number of hydrogen-bond acceptors (Lipinski definition) is 2. The molecule has 0 spiro atoms. The Morgan fingerprint density at radius 2 is 2.12 bits per heavy atom. The third-order valence-electron chi connectivity index (χ3n) is 2.02. The monoisotopic (exact) mass is 225 g/mol. The van der Waals surface area contributed by atoms with Crippen LogP contribution in [-0.2, 0) is 16.0 Å². The van der Waals surface area contributed by atoms with E-state index in [1.165, 1.54) is 12.1 Å². The first kappa shape index (κ1) is 12.2. The predicted molar refractivity (Wildman–Crippen MR) is 55.5 cm³/mol. The Morgan fingerprint density at radius 3 is 2.69 bits per heavy atom. The Bertz CT molecular complexity index is 418. The Kier molecular flexibility index (Phi) is 3.99. The first-order valence-corrected chi connectivity index (χ1v) is 4.72. The molecule has 0 saturated carbocycles. The zero-order valence-corrected chi connectivity index (χ0v) is 8.79. The molecule has 1 rings (SSSR count). The first-order valence-electron chi connectivity index (χ1n) is 4.72. The summed E-state index contributed by atoms with van der Waals surface area (Å²) in [7, 11) is 0. The average Bonchev–Trinajstić information content (AvgIpc) is 2.21. The van der Waals surface area contributed by atoms with E-state index in [-0.39, 0.29) is 12.2 Å². The van der Waals surface area contributed by atoms with Crippen molar-refractivity contribution in [2.75, 3.05) is 6.54 Å². The smallest absolute Gasteiger partial charge is 0.322 e. The van der Waals surface area contributed by atoms with Gasteiger partial charge >= 0.3 is 5.97 Å². The van der Waals surface area contributed by atoms with Gasteiger partial charge in [-0.15, -0.1) is 0 Å². The summed E-state index contributed by atoms with van der Waals surface area (Å²) in [4.78, 5) is 21.4. The van der Waals surface area contributed by atoms with Crippen LogP contribution in [0.25, 0.3) is 0 Å². The molecule has 1 aromatic rings. The van der Waals surface area contributed by atoms with Crippen LogP contribution >= 0.6 is 0 Å². The third kappa shape index (κ3) is 3.68. The van der Waals surface area contributed by atoms with Gasteiger partial charge in [0.25, 0.3) is 0 Å². The van der Waals surface area contributed by atoms with Crippen molar-refractivity contribution in [3.8, 4) is 0 Å². The molecule has 16 heavy (non-hydrogen) atoms. The van der Waals surface area contributed by atoms with E-state index in [0.717, 1.165) is 0 Å². The molecular formula is C11H12FNO3. The number of carboxylic acids is 1. The first-order chi connectivity index (χ1) is 7.49. The van der Waals surface area contributed by atoms with E-state index in [2.05, 4.69) is 5.32 Å². The van der Waals surface area contributed by atoms with Gasteiger partial charge in [-0.05, 0) is 24.1 Å². The number of nitrogens with one attached hydrogen (secondary N) is 1. The number of carboxylic acid groups (broad SMARTS) is 1. The number of carbonyl (C=O) groups excluding carboxylic acids is 1. The van der Waals surface area contributed by atoms with Gasteiger partial charge in [0.1, 0.15) is 12.4 Å². The van der Waals surface area contributed by atoms with Gasteiger partial charge in [0.05, 0.1) is 6.42 Å². The number of aliphatic carboxylic acids is 1. The van der Waals surface area contributed by atoms with Crippen molar-refractivity contribution in [1.82, 2.24) is 5.32 Å². The van der Waals surface area contributed by atoms with Crippen molar-refractivity contribution in [2.24, 2.45) is 0 Å². The predicted octanol–water partition coefficient (Wildman–Crippen LogP) is 0.877. The summed E-state index contributed by atoms with van der Waals surface area (Å²) >= 11 is 0. The number of hydrogen-bond donors (Lipinski definition) is 2. The lowest BCUT2D eigenvalue weighted by atomic mass is 10.1. The standard InChI is InChI=1S/C11H12FNO3/c1-7-4-8(2-3-9(7)12)5-10(14)13-6-11(15)16/h2-4H,5-6H2,1H3,(H,13,14)(H,15,16). The van der Waals surface area contributed by atoms with Crippen molar-refractivity contribution in [3.63, 3.8) is 0 Å². The molecule has 1 aromatic carbocycles. The van der Waals surface area contributed by atoms with Crippen molar-refractivity contribution in [2.45, 2.75) is 13.3 Å². The maximum absolute atomic E-state index is 12.9. The van der Waals surface area contributed by atoms with E-state index in [1.807, 2.05) is 0 Å². The molecule has 5 heteroatoms. The fourth-order valence-corrected chi connectivity index (χ4v) is 1.24. The molecule has 0 heterocycles. The molecule has 1 amide bonds. The molecule has 0 aromatic heterocycles. The summed E-state index contributed by atoms with van der Waals surface area (Å²) in [6.07, 6.45) is 0.0500. The van der Waals surface area contributed by atoms with Crippen LogP contribution in [0.5, 0.6) is 0 Å². The lowest BCUT2D eigenvalue weighted by Crippen LogP contribution is -2.30. The van der Waals surface area contributed by atoms with Crippen LogP contribution in [0.15, 0.2) is 18.2 Å². The molecule has 0 atom stereocenters. The van der Waals surface area contributed by atoms with Crippen LogP contribution in [0.3, 0.4) is 0 Å². The zero-order chi connectivity index (χ0) is 12.1. The van der Waals surface area contributed by atoms with E-state index in [1.54, 1.807) is 13.0 Å². The second kappa shape index (κ2) is 5.25. The highest BCUT2D eigenvalue weighted by Gasteiger charge is 2.06. The van der Waals surface area contributed by atoms with Gasteiger partial charge < -0.3 is 10.4 Å². The fraction of sp³-hybridized carbons (Fsp3) is 0.273. The van der Waals surface area contributed by atoms with Gasteiger partial charge in [0, 0.05) is 0 Å². The molecule has 0 aliphatic rings. The van der Waals surface area contributed by atoms with Crippen molar-refractivity contribution in [3.05, 3.63) is 35.1 Å². The molecule has 0 saturated heterocycles. The van der Waals surface area contributed by atoms with E-state index in [4.69, 9.17) is 5.11 Å². The van der Waals surface area contributed by atoms with Crippen molar-refractivity contribution < 1.29 is 19.1 Å². The zero-order valence-electron chi connectivity index (χ0n) is 8.79. The quantitative estimate of drug-likeness (QED) is 0.799. The van der Waals surface area contributed by atoms with Gasteiger partial charge in [-0.1, -0.05) is 12.1 Å². The summed E-state index contributed by atoms with van der Waals surface area (Å²) in [5.74, 6) is -1.81. The molecule has 0 fully saturated rings. The number of benzene rings is 1.